The molecule has 5 rings (SSSR count). The number of carbonyl (C=O) groups excluding carboxylic acids is 3. The molecule has 44 heavy (non-hydrogen) atoms. The Labute approximate surface area is 260 Å². The molecule has 2 aliphatic rings. The zero-order valence-electron chi connectivity index (χ0n) is 25.5. The molecule has 9 nitrogen and oxygen atoms in total. The van der Waals surface area contributed by atoms with Crippen LogP contribution >= 0.6 is 0 Å². The van der Waals surface area contributed by atoms with Crippen molar-refractivity contribution in [3.8, 4) is 16.9 Å². The predicted octanol–water partition coefficient (Wildman–Crippen LogP) is 3.62. The van der Waals surface area contributed by atoms with Crippen molar-refractivity contribution in [2.45, 2.75) is 38.6 Å². The fraction of sp³-hybridized carbons (Fsp3) is 0.400. The van der Waals surface area contributed by atoms with Gasteiger partial charge in [-0.1, -0.05) is 66.7 Å². The molecule has 0 radical (unpaired) electrons. The van der Waals surface area contributed by atoms with Crippen LogP contribution in [0.4, 0.5) is 0 Å². The molecule has 1 atom stereocenters. The smallest absolute Gasteiger partial charge is 0.257 e. The summed E-state index contributed by atoms with van der Waals surface area (Å²) in [5.74, 6) is 0.148. The van der Waals surface area contributed by atoms with Gasteiger partial charge in [-0.25, -0.2) is 0 Å². The summed E-state index contributed by atoms with van der Waals surface area (Å²) in [5, 5.41) is 12.4. The van der Waals surface area contributed by atoms with E-state index in [-0.39, 0.29) is 30.9 Å². The quantitative estimate of drug-likeness (QED) is 0.329. The Morgan fingerprint density at radius 2 is 1.59 bits per heavy atom. The standard InChI is InChI=1S/C35H44N4O5/c1-43-22-18-35(34(42)38-24-28-10-14-30(15-11-28)29-7-3-2-4-8-29)23-27-12-16-31(17-13-27)44-25-33(41)37-21-6-20-36-19-5-9-32(40)39-26-35/h2-4,7-8,10-17,36H,5-6,9,18-26H2,1H3,(H,37,41)(H,38,42)(H,39,40). The summed E-state index contributed by atoms with van der Waals surface area (Å²) in [6, 6.07) is 25.7. The van der Waals surface area contributed by atoms with E-state index < -0.39 is 5.41 Å². The van der Waals surface area contributed by atoms with E-state index >= 15 is 0 Å². The minimum absolute atomic E-state index is 0.0642. The highest BCUT2D eigenvalue weighted by Gasteiger charge is 2.38. The largest absolute Gasteiger partial charge is 0.484 e. The highest BCUT2D eigenvalue weighted by atomic mass is 16.5. The van der Waals surface area contributed by atoms with Crippen molar-refractivity contribution in [1.29, 1.82) is 0 Å². The van der Waals surface area contributed by atoms with Gasteiger partial charge in [-0.15, -0.1) is 0 Å². The second-order valence-corrected chi connectivity index (χ2v) is 11.2. The molecule has 0 fully saturated rings. The summed E-state index contributed by atoms with van der Waals surface area (Å²) in [5.41, 5.74) is 3.19. The highest BCUT2D eigenvalue weighted by molar-refractivity contribution is 5.84. The average Bonchev–Trinajstić information content (AvgIpc) is 3.06. The fourth-order valence-corrected chi connectivity index (χ4v) is 5.22. The van der Waals surface area contributed by atoms with Crippen LogP contribution in [0, 0.1) is 5.41 Å². The molecule has 1 unspecified atom stereocenters. The Hall–Kier alpha value is -4.21. The van der Waals surface area contributed by atoms with Gasteiger partial charge in [0.15, 0.2) is 6.61 Å². The van der Waals surface area contributed by atoms with Crippen molar-refractivity contribution in [3.63, 3.8) is 0 Å². The fourth-order valence-electron chi connectivity index (χ4n) is 5.22. The number of benzene rings is 3. The van der Waals surface area contributed by atoms with Gasteiger partial charge in [0.25, 0.3) is 5.91 Å². The molecule has 0 aliphatic carbocycles. The number of methoxy groups -OCH3 is 1. The van der Waals surface area contributed by atoms with Gasteiger partial charge in [0.05, 0.1) is 5.41 Å². The zero-order valence-corrected chi connectivity index (χ0v) is 25.5. The maximum Gasteiger partial charge on any atom is 0.257 e. The molecule has 0 saturated carbocycles. The minimum Gasteiger partial charge on any atom is -0.484 e. The highest BCUT2D eigenvalue weighted by Crippen LogP contribution is 2.29. The number of amides is 3. The van der Waals surface area contributed by atoms with Crippen molar-refractivity contribution in [2.24, 2.45) is 5.41 Å². The number of ether oxygens (including phenoxy) is 2. The SMILES string of the molecule is COCCC1(C(=O)NCc2ccc(-c3ccccc3)cc2)CNC(=O)CCCNCCCNC(=O)COc2ccc(cc2)C1. The van der Waals surface area contributed by atoms with Gasteiger partial charge in [-0.2, -0.15) is 0 Å². The van der Waals surface area contributed by atoms with Crippen LogP contribution in [0.15, 0.2) is 78.9 Å². The molecule has 0 aromatic heterocycles. The van der Waals surface area contributed by atoms with E-state index in [2.05, 4.69) is 45.5 Å². The summed E-state index contributed by atoms with van der Waals surface area (Å²) >= 11 is 0. The Bertz CT molecular complexity index is 1330. The van der Waals surface area contributed by atoms with Crippen LogP contribution in [-0.2, 0) is 32.1 Å². The molecule has 9 heteroatoms. The first-order valence-electron chi connectivity index (χ1n) is 15.3. The van der Waals surface area contributed by atoms with Crippen LogP contribution in [0.25, 0.3) is 11.1 Å². The maximum atomic E-state index is 14.0. The number of carbonyl (C=O) groups is 3. The van der Waals surface area contributed by atoms with Gasteiger partial charge in [0.2, 0.25) is 11.8 Å². The molecule has 0 saturated heterocycles. The topological polar surface area (TPSA) is 118 Å². The van der Waals surface area contributed by atoms with Crippen LogP contribution in [0.1, 0.15) is 36.8 Å². The lowest BCUT2D eigenvalue weighted by Gasteiger charge is -2.33. The molecule has 3 amide bonds. The van der Waals surface area contributed by atoms with E-state index in [0.717, 1.165) is 35.2 Å². The Kier molecular flexibility index (Phi) is 12.8. The summed E-state index contributed by atoms with van der Waals surface area (Å²) < 4.78 is 11.1. The second kappa shape index (κ2) is 17.2. The lowest BCUT2D eigenvalue weighted by Crippen LogP contribution is -2.50. The molecule has 0 spiro atoms. The average molecular weight is 601 g/mol. The van der Waals surface area contributed by atoms with Crippen molar-refractivity contribution < 1.29 is 23.9 Å². The van der Waals surface area contributed by atoms with Crippen LogP contribution in [-0.4, -0.2) is 64.2 Å². The summed E-state index contributed by atoms with van der Waals surface area (Å²) in [6.07, 6.45) is 2.61. The minimum atomic E-state index is -0.947. The molecular weight excluding hydrogens is 556 g/mol. The maximum absolute atomic E-state index is 14.0. The van der Waals surface area contributed by atoms with Crippen LogP contribution < -0.4 is 26.0 Å². The monoisotopic (exact) mass is 600 g/mol. The molecular formula is C35H44N4O5. The zero-order chi connectivity index (χ0) is 31.0. The van der Waals surface area contributed by atoms with Crippen LogP contribution in [0.2, 0.25) is 0 Å². The number of rotatable bonds is 7. The first-order valence-corrected chi connectivity index (χ1v) is 15.3. The second-order valence-electron chi connectivity index (χ2n) is 11.2. The molecule has 3 aromatic carbocycles. The van der Waals surface area contributed by atoms with Crippen molar-refractivity contribution in [2.75, 3.05) is 46.5 Å². The summed E-state index contributed by atoms with van der Waals surface area (Å²) in [4.78, 5) is 39.1. The molecule has 3 aromatic rings. The summed E-state index contributed by atoms with van der Waals surface area (Å²) in [6.45, 7) is 2.81. The lowest BCUT2D eigenvalue weighted by atomic mass is 9.77. The molecule has 234 valence electrons. The normalized spacial score (nSPS) is 18.8. The Morgan fingerprint density at radius 3 is 2.34 bits per heavy atom. The molecule has 2 aliphatic heterocycles. The van der Waals surface area contributed by atoms with Gasteiger partial charge in [0.1, 0.15) is 5.75 Å². The van der Waals surface area contributed by atoms with E-state index in [0.29, 0.717) is 57.7 Å². The third kappa shape index (κ3) is 10.2. The van der Waals surface area contributed by atoms with Gasteiger partial charge < -0.3 is 30.7 Å². The molecule has 4 N–H and O–H groups in total. The predicted molar refractivity (Wildman–Crippen MR) is 171 cm³/mol. The number of hydrogen-bond donors (Lipinski definition) is 4. The Morgan fingerprint density at radius 1 is 0.864 bits per heavy atom. The van der Waals surface area contributed by atoms with Crippen molar-refractivity contribution >= 4 is 17.7 Å². The first-order chi connectivity index (χ1) is 21.5. The van der Waals surface area contributed by atoms with Gasteiger partial charge in [-0.3, -0.25) is 14.4 Å². The third-order valence-corrected chi connectivity index (χ3v) is 7.85. The molecule has 2 heterocycles. The van der Waals surface area contributed by atoms with Gasteiger partial charge in [0, 0.05) is 39.8 Å². The lowest BCUT2D eigenvalue weighted by molar-refractivity contribution is -0.133. The van der Waals surface area contributed by atoms with Crippen molar-refractivity contribution in [1.82, 2.24) is 21.3 Å². The van der Waals surface area contributed by atoms with E-state index in [4.69, 9.17) is 9.47 Å². The van der Waals surface area contributed by atoms with Crippen LogP contribution in [0.3, 0.4) is 0 Å². The van der Waals surface area contributed by atoms with E-state index in [9.17, 15) is 14.4 Å². The van der Waals surface area contributed by atoms with Gasteiger partial charge >= 0.3 is 0 Å². The number of hydrogen-bond acceptors (Lipinski definition) is 6. The summed E-state index contributed by atoms with van der Waals surface area (Å²) in [7, 11) is 1.61. The van der Waals surface area contributed by atoms with Gasteiger partial charge in [-0.05, 0) is 73.2 Å². The molecule has 2 bridgehead atoms. The van der Waals surface area contributed by atoms with Crippen LogP contribution in [0.5, 0.6) is 5.75 Å². The third-order valence-electron chi connectivity index (χ3n) is 7.85. The number of fused-ring (bicyclic) bond motifs is 17. The Balaban J connectivity index is 1.51. The van der Waals surface area contributed by atoms with E-state index in [1.165, 1.54) is 0 Å². The van der Waals surface area contributed by atoms with Crippen molar-refractivity contribution in [3.05, 3.63) is 90.0 Å². The van der Waals surface area contributed by atoms with E-state index in [1.54, 1.807) is 19.2 Å². The van der Waals surface area contributed by atoms with E-state index in [1.807, 2.05) is 42.5 Å². The first kappa shape index (κ1) is 32.7. The number of nitrogens with one attached hydrogen (secondary N) is 4.